The van der Waals surface area contributed by atoms with Gasteiger partial charge in [-0.1, -0.05) is 0 Å². The molecule has 1 rings (SSSR count). The number of aromatic nitrogens is 1. The van der Waals surface area contributed by atoms with Gasteiger partial charge in [0.25, 0.3) is 5.56 Å². The lowest BCUT2D eigenvalue weighted by atomic mass is 10.2. The molecule has 0 saturated carbocycles. The van der Waals surface area contributed by atoms with Crippen molar-refractivity contribution < 1.29 is 5.11 Å². The molecule has 3 N–H and O–H groups in total. The van der Waals surface area contributed by atoms with Crippen molar-refractivity contribution in [3.05, 3.63) is 27.5 Å². The standard InChI is InChI=1S/C9H14N2O2/c1-6-5-8(12)11(4-3-10)9(13)7(6)2/h5,13H,3-4,10H2,1-2H3. The summed E-state index contributed by atoms with van der Waals surface area (Å²) in [4.78, 5) is 11.4. The lowest BCUT2D eigenvalue weighted by Crippen LogP contribution is -2.24. The van der Waals surface area contributed by atoms with E-state index in [2.05, 4.69) is 0 Å². The van der Waals surface area contributed by atoms with Crippen LogP contribution in [0.25, 0.3) is 0 Å². The second-order valence-electron chi connectivity index (χ2n) is 3.05. The number of hydrogen-bond donors (Lipinski definition) is 2. The van der Waals surface area contributed by atoms with Gasteiger partial charge in [0.15, 0.2) is 5.88 Å². The highest BCUT2D eigenvalue weighted by molar-refractivity contribution is 5.32. The molecule has 0 unspecified atom stereocenters. The molecule has 72 valence electrons. The van der Waals surface area contributed by atoms with Gasteiger partial charge in [-0.25, -0.2) is 0 Å². The Morgan fingerprint density at radius 1 is 1.54 bits per heavy atom. The third-order valence-corrected chi connectivity index (χ3v) is 2.14. The van der Waals surface area contributed by atoms with Crippen molar-refractivity contribution >= 4 is 0 Å². The number of nitrogens with zero attached hydrogens (tertiary/aromatic N) is 1. The zero-order valence-corrected chi connectivity index (χ0v) is 7.87. The summed E-state index contributed by atoms with van der Waals surface area (Å²) in [7, 11) is 0. The van der Waals surface area contributed by atoms with Crippen LogP contribution in [0.1, 0.15) is 11.1 Å². The van der Waals surface area contributed by atoms with E-state index in [1.807, 2.05) is 0 Å². The summed E-state index contributed by atoms with van der Waals surface area (Å²) >= 11 is 0. The lowest BCUT2D eigenvalue weighted by molar-refractivity contribution is 0.403. The number of hydrogen-bond acceptors (Lipinski definition) is 3. The fourth-order valence-electron chi connectivity index (χ4n) is 1.20. The van der Waals surface area contributed by atoms with Crippen LogP contribution < -0.4 is 11.3 Å². The molecule has 0 fully saturated rings. The second kappa shape index (κ2) is 3.62. The monoisotopic (exact) mass is 182 g/mol. The predicted octanol–water partition coefficient (Wildman–Crippen LogP) is 0.129. The van der Waals surface area contributed by atoms with E-state index in [0.29, 0.717) is 13.1 Å². The molecule has 0 aliphatic carbocycles. The van der Waals surface area contributed by atoms with Gasteiger partial charge in [-0.2, -0.15) is 0 Å². The summed E-state index contributed by atoms with van der Waals surface area (Å²) in [6, 6.07) is 1.50. The van der Waals surface area contributed by atoms with Crippen molar-refractivity contribution in [2.24, 2.45) is 5.73 Å². The predicted molar refractivity (Wildman–Crippen MR) is 50.9 cm³/mol. The van der Waals surface area contributed by atoms with E-state index >= 15 is 0 Å². The largest absolute Gasteiger partial charge is 0.494 e. The summed E-state index contributed by atoms with van der Waals surface area (Å²) in [5.74, 6) is 0.0236. The number of rotatable bonds is 2. The summed E-state index contributed by atoms with van der Waals surface area (Å²) < 4.78 is 1.28. The van der Waals surface area contributed by atoms with Crippen LogP contribution in [-0.2, 0) is 6.54 Å². The summed E-state index contributed by atoms with van der Waals surface area (Å²) in [5.41, 5.74) is 6.64. The van der Waals surface area contributed by atoms with Crippen molar-refractivity contribution in [2.45, 2.75) is 20.4 Å². The maximum absolute atomic E-state index is 11.4. The molecule has 13 heavy (non-hydrogen) atoms. The number of aromatic hydroxyl groups is 1. The van der Waals surface area contributed by atoms with Gasteiger partial charge in [0.1, 0.15) is 0 Å². The molecule has 1 aromatic heterocycles. The first-order valence-electron chi connectivity index (χ1n) is 4.18. The van der Waals surface area contributed by atoms with Gasteiger partial charge in [-0.05, 0) is 19.4 Å². The second-order valence-corrected chi connectivity index (χ2v) is 3.05. The molecular formula is C9H14N2O2. The topological polar surface area (TPSA) is 68.2 Å². The van der Waals surface area contributed by atoms with E-state index in [-0.39, 0.29) is 11.4 Å². The Balaban J connectivity index is 3.35. The van der Waals surface area contributed by atoms with Gasteiger partial charge in [0.05, 0.1) is 0 Å². The van der Waals surface area contributed by atoms with Gasteiger partial charge >= 0.3 is 0 Å². The zero-order chi connectivity index (χ0) is 10.0. The zero-order valence-electron chi connectivity index (χ0n) is 7.87. The van der Waals surface area contributed by atoms with Crippen LogP contribution in [0, 0.1) is 13.8 Å². The summed E-state index contributed by atoms with van der Waals surface area (Å²) in [6.07, 6.45) is 0. The third-order valence-electron chi connectivity index (χ3n) is 2.14. The van der Waals surface area contributed by atoms with Gasteiger partial charge < -0.3 is 10.8 Å². The van der Waals surface area contributed by atoms with Crippen molar-refractivity contribution in [1.29, 1.82) is 0 Å². The van der Waals surface area contributed by atoms with Crippen LogP contribution in [0.4, 0.5) is 0 Å². The first-order chi connectivity index (χ1) is 6.07. The Hall–Kier alpha value is -1.29. The minimum Gasteiger partial charge on any atom is -0.494 e. The number of nitrogens with two attached hydrogens (primary N) is 1. The molecule has 0 aliphatic rings. The molecule has 0 amide bonds. The van der Waals surface area contributed by atoms with E-state index in [0.717, 1.165) is 11.1 Å². The quantitative estimate of drug-likeness (QED) is 0.683. The highest BCUT2D eigenvalue weighted by Crippen LogP contribution is 2.16. The molecule has 1 aromatic rings. The lowest BCUT2D eigenvalue weighted by Gasteiger charge is -2.10. The van der Waals surface area contributed by atoms with Crippen molar-refractivity contribution in [2.75, 3.05) is 6.54 Å². The van der Waals surface area contributed by atoms with Crippen LogP contribution in [0.15, 0.2) is 10.9 Å². The fraction of sp³-hybridized carbons (Fsp3) is 0.444. The minimum atomic E-state index is -0.203. The Kier molecular flexibility index (Phi) is 2.72. The van der Waals surface area contributed by atoms with E-state index < -0.39 is 0 Å². The highest BCUT2D eigenvalue weighted by atomic mass is 16.3. The average Bonchev–Trinajstić information content (AvgIpc) is 2.09. The van der Waals surface area contributed by atoms with Gasteiger partial charge in [0.2, 0.25) is 0 Å². The van der Waals surface area contributed by atoms with E-state index in [1.54, 1.807) is 13.8 Å². The van der Waals surface area contributed by atoms with Crippen LogP contribution in [0.5, 0.6) is 5.88 Å². The molecule has 0 saturated heterocycles. The Morgan fingerprint density at radius 3 is 2.69 bits per heavy atom. The summed E-state index contributed by atoms with van der Waals surface area (Å²) in [6.45, 7) is 4.27. The smallest absolute Gasteiger partial charge is 0.253 e. The third kappa shape index (κ3) is 1.72. The summed E-state index contributed by atoms with van der Waals surface area (Å²) in [5, 5.41) is 9.60. The van der Waals surface area contributed by atoms with E-state index in [4.69, 9.17) is 5.73 Å². The Labute approximate surface area is 76.6 Å². The molecule has 0 spiro atoms. The van der Waals surface area contributed by atoms with Crippen LogP contribution >= 0.6 is 0 Å². The molecule has 0 radical (unpaired) electrons. The van der Waals surface area contributed by atoms with Crippen LogP contribution in [0.3, 0.4) is 0 Å². The molecule has 4 heteroatoms. The van der Waals surface area contributed by atoms with Crippen molar-refractivity contribution in [3.8, 4) is 5.88 Å². The fourth-order valence-corrected chi connectivity index (χ4v) is 1.20. The first kappa shape index (κ1) is 9.80. The highest BCUT2D eigenvalue weighted by Gasteiger charge is 2.07. The van der Waals surface area contributed by atoms with Crippen LogP contribution in [-0.4, -0.2) is 16.2 Å². The first-order valence-corrected chi connectivity index (χ1v) is 4.18. The Morgan fingerprint density at radius 2 is 2.15 bits per heavy atom. The van der Waals surface area contributed by atoms with Crippen LogP contribution in [0.2, 0.25) is 0 Å². The van der Waals surface area contributed by atoms with Gasteiger partial charge in [-0.15, -0.1) is 0 Å². The van der Waals surface area contributed by atoms with E-state index in [1.165, 1.54) is 10.6 Å². The molecule has 4 nitrogen and oxygen atoms in total. The SMILES string of the molecule is Cc1cc(=O)n(CCN)c(O)c1C. The molecule has 0 atom stereocenters. The average molecular weight is 182 g/mol. The van der Waals surface area contributed by atoms with Crippen molar-refractivity contribution in [3.63, 3.8) is 0 Å². The molecule has 0 aromatic carbocycles. The molecular weight excluding hydrogens is 168 g/mol. The van der Waals surface area contributed by atoms with Gasteiger partial charge in [0, 0.05) is 24.7 Å². The van der Waals surface area contributed by atoms with Gasteiger partial charge in [-0.3, -0.25) is 9.36 Å². The molecule has 0 aliphatic heterocycles. The Bertz CT molecular complexity index is 369. The maximum atomic E-state index is 11.4. The normalized spacial score (nSPS) is 10.4. The van der Waals surface area contributed by atoms with E-state index in [9.17, 15) is 9.90 Å². The van der Waals surface area contributed by atoms with Crippen molar-refractivity contribution in [1.82, 2.24) is 4.57 Å². The number of pyridine rings is 1. The minimum absolute atomic E-state index is 0.0236. The molecule has 0 bridgehead atoms. The maximum Gasteiger partial charge on any atom is 0.253 e. The molecule has 1 heterocycles. The number of aryl methyl sites for hydroxylation is 1.